The zero-order valence-corrected chi connectivity index (χ0v) is 12.3. The standard InChI is InChI=1S/C16H27N3/c1-3-18(4-2)11-12-19(16-9-10-16)15-7-5-14(13-17)6-8-15/h5-8,16H,3-4,9-13,17H2,1-2H3. The first-order chi connectivity index (χ1) is 9.28. The van der Waals surface area contributed by atoms with Gasteiger partial charge in [0.1, 0.15) is 0 Å². The van der Waals surface area contributed by atoms with Crippen molar-refractivity contribution < 1.29 is 0 Å². The van der Waals surface area contributed by atoms with Crippen LogP contribution in [0.2, 0.25) is 0 Å². The van der Waals surface area contributed by atoms with E-state index in [1.165, 1.54) is 24.1 Å². The zero-order valence-electron chi connectivity index (χ0n) is 12.3. The summed E-state index contributed by atoms with van der Waals surface area (Å²) in [5.74, 6) is 0. The maximum absolute atomic E-state index is 5.66. The molecule has 3 heteroatoms. The highest BCUT2D eigenvalue weighted by Gasteiger charge is 2.29. The van der Waals surface area contributed by atoms with E-state index in [4.69, 9.17) is 5.73 Å². The Morgan fingerprint density at radius 3 is 2.16 bits per heavy atom. The second kappa shape index (κ2) is 6.92. The Morgan fingerprint density at radius 1 is 1.05 bits per heavy atom. The summed E-state index contributed by atoms with van der Waals surface area (Å²) in [6.07, 6.45) is 2.69. The molecule has 1 saturated carbocycles. The molecule has 0 atom stereocenters. The monoisotopic (exact) mass is 261 g/mol. The van der Waals surface area contributed by atoms with Crippen molar-refractivity contribution in [1.82, 2.24) is 4.90 Å². The van der Waals surface area contributed by atoms with E-state index in [-0.39, 0.29) is 0 Å². The van der Waals surface area contributed by atoms with Crippen molar-refractivity contribution in [3.63, 3.8) is 0 Å². The van der Waals surface area contributed by atoms with Crippen LogP contribution in [0.1, 0.15) is 32.3 Å². The van der Waals surface area contributed by atoms with Crippen molar-refractivity contribution in [2.75, 3.05) is 31.1 Å². The molecule has 0 heterocycles. The third-order valence-electron chi connectivity index (χ3n) is 4.04. The lowest BCUT2D eigenvalue weighted by molar-refractivity contribution is 0.309. The van der Waals surface area contributed by atoms with Crippen LogP contribution in [0.5, 0.6) is 0 Å². The maximum atomic E-state index is 5.66. The Morgan fingerprint density at radius 2 is 1.68 bits per heavy atom. The fraction of sp³-hybridized carbons (Fsp3) is 0.625. The van der Waals surface area contributed by atoms with Crippen molar-refractivity contribution >= 4 is 5.69 Å². The molecule has 2 N–H and O–H groups in total. The maximum Gasteiger partial charge on any atom is 0.0369 e. The molecule has 0 aromatic heterocycles. The van der Waals surface area contributed by atoms with Crippen LogP contribution in [0.25, 0.3) is 0 Å². The van der Waals surface area contributed by atoms with Gasteiger partial charge < -0.3 is 15.5 Å². The number of nitrogens with zero attached hydrogens (tertiary/aromatic N) is 2. The normalized spacial score (nSPS) is 14.9. The first-order valence-corrected chi connectivity index (χ1v) is 7.56. The molecular formula is C16H27N3. The molecule has 0 aliphatic heterocycles. The van der Waals surface area contributed by atoms with E-state index < -0.39 is 0 Å². The van der Waals surface area contributed by atoms with E-state index in [0.717, 1.165) is 32.2 Å². The van der Waals surface area contributed by atoms with Crippen LogP contribution in [0, 0.1) is 0 Å². The average molecular weight is 261 g/mol. The molecule has 0 spiro atoms. The molecule has 19 heavy (non-hydrogen) atoms. The van der Waals surface area contributed by atoms with Crippen molar-refractivity contribution in [3.8, 4) is 0 Å². The van der Waals surface area contributed by atoms with Gasteiger partial charge in [-0.25, -0.2) is 0 Å². The van der Waals surface area contributed by atoms with Gasteiger partial charge in [-0.1, -0.05) is 26.0 Å². The Hall–Kier alpha value is -1.06. The highest BCUT2D eigenvalue weighted by atomic mass is 15.2. The summed E-state index contributed by atoms with van der Waals surface area (Å²) < 4.78 is 0. The molecule has 2 rings (SSSR count). The smallest absolute Gasteiger partial charge is 0.0369 e. The molecule has 106 valence electrons. The third kappa shape index (κ3) is 3.95. The van der Waals surface area contributed by atoms with E-state index in [2.05, 4.69) is 47.9 Å². The van der Waals surface area contributed by atoms with Crippen LogP contribution >= 0.6 is 0 Å². The van der Waals surface area contributed by atoms with Gasteiger partial charge in [0.2, 0.25) is 0 Å². The summed E-state index contributed by atoms with van der Waals surface area (Å²) >= 11 is 0. The molecule has 1 aliphatic carbocycles. The fourth-order valence-corrected chi connectivity index (χ4v) is 2.52. The van der Waals surface area contributed by atoms with E-state index in [1.807, 2.05) is 0 Å². The molecule has 1 aromatic rings. The number of rotatable bonds is 8. The van der Waals surface area contributed by atoms with Crippen LogP contribution in [0.3, 0.4) is 0 Å². The van der Waals surface area contributed by atoms with Crippen LogP contribution in [0.15, 0.2) is 24.3 Å². The Balaban J connectivity index is 1.98. The molecule has 0 saturated heterocycles. The van der Waals surface area contributed by atoms with Gasteiger partial charge in [0.25, 0.3) is 0 Å². The van der Waals surface area contributed by atoms with Crippen molar-refractivity contribution in [3.05, 3.63) is 29.8 Å². The van der Waals surface area contributed by atoms with Gasteiger partial charge in [0.05, 0.1) is 0 Å². The van der Waals surface area contributed by atoms with E-state index in [9.17, 15) is 0 Å². The lowest BCUT2D eigenvalue weighted by atomic mass is 10.2. The summed E-state index contributed by atoms with van der Waals surface area (Å²) in [6, 6.07) is 9.52. The quantitative estimate of drug-likeness (QED) is 0.780. The minimum absolute atomic E-state index is 0.628. The summed E-state index contributed by atoms with van der Waals surface area (Å²) in [7, 11) is 0. The fourth-order valence-electron chi connectivity index (χ4n) is 2.52. The van der Waals surface area contributed by atoms with Crippen LogP contribution in [-0.4, -0.2) is 37.1 Å². The number of benzene rings is 1. The number of hydrogen-bond donors (Lipinski definition) is 1. The highest BCUT2D eigenvalue weighted by molar-refractivity contribution is 5.49. The Kier molecular flexibility index (Phi) is 5.23. The average Bonchev–Trinajstić information content (AvgIpc) is 3.29. The lowest BCUT2D eigenvalue weighted by Gasteiger charge is -2.28. The molecule has 1 aromatic carbocycles. The topological polar surface area (TPSA) is 32.5 Å². The van der Waals surface area contributed by atoms with E-state index >= 15 is 0 Å². The second-order valence-electron chi connectivity index (χ2n) is 5.32. The molecule has 0 amide bonds. The number of anilines is 1. The van der Waals surface area contributed by atoms with Crippen molar-refractivity contribution in [2.24, 2.45) is 5.73 Å². The molecule has 1 aliphatic rings. The predicted octanol–water partition coefficient (Wildman–Crippen LogP) is 2.46. The molecule has 3 nitrogen and oxygen atoms in total. The van der Waals surface area contributed by atoms with E-state index in [0.29, 0.717) is 6.54 Å². The largest absolute Gasteiger partial charge is 0.367 e. The van der Waals surface area contributed by atoms with E-state index in [1.54, 1.807) is 0 Å². The summed E-state index contributed by atoms with van der Waals surface area (Å²) in [5, 5.41) is 0. The third-order valence-corrected chi connectivity index (χ3v) is 4.04. The zero-order chi connectivity index (χ0) is 13.7. The SMILES string of the molecule is CCN(CC)CCN(c1ccc(CN)cc1)C1CC1. The van der Waals surface area contributed by atoms with Crippen LogP contribution < -0.4 is 10.6 Å². The minimum atomic E-state index is 0.628. The lowest BCUT2D eigenvalue weighted by Crippen LogP contribution is -2.36. The highest BCUT2D eigenvalue weighted by Crippen LogP contribution is 2.31. The Bertz CT molecular complexity index is 366. The van der Waals surface area contributed by atoms with Gasteiger partial charge in [0, 0.05) is 31.4 Å². The summed E-state index contributed by atoms with van der Waals surface area (Å²) in [4.78, 5) is 5.06. The number of likely N-dealkylation sites (N-methyl/N-ethyl adjacent to an activating group) is 1. The first kappa shape index (κ1) is 14.4. The van der Waals surface area contributed by atoms with Gasteiger partial charge in [-0.05, 0) is 43.6 Å². The predicted molar refractivity (Wildman–Crippen MR) is 82.5 cm³/mol. The molecule has 1 fully saturated rings. The van der Waals surface area contributed by atoms with Crippen LogP contribution in [-0.2, 0) is 6.54 Å². The Labute approximate surface area is 117 Å². The van der Waals surface area contributed by atoms with Gasteiger partial charge in [-0.2, -0.15) is 0 Å². The van der Waals surface area contributed by atoms with Crippen LogP contribution in [0.4, 0.5) is 5.69 Å². The minimum Gasteiger partial charge on any atom is -0.367 e. The van der Waals surface area contributed by atoms with Gasteiger partial charge in [0.15, 0.2) is 0 Å². The summed E-state index contributed by atoms with van der Waals surface area (Å²) in [6.45, 7) is 9.67. The van der Waals surface area contributed by atoms with Gasteiger partial charge in [-0.15, -0.1) is 0 Å². The van der Waals surface area contributed by atoms with Gasteiger partial charge >= 0.3 is 0 Å². The molecule has 0 radical (unpaired) electrons. The molecular weight excluding hydrogens is 234 g/mol. The molecule has 0 bridgehead atoms. The second-order valence-corrected chi connectivity index (χ2v) is 5.32. The number of nitrogens with two attached hydrogens (primary N) is 1. The van der Waals surface area contributed by atoms with Crippen molar-refractivity contribution in [2.45, 2.75) is 39.3 Å². The first-order valence-electron chi connectivity index (χ1n) is 7.56. The molecule has 0 unspecified atom stereocenters. The number of hydrogen-bond acceptors (Lipinski definition) is 3. The van der Waals surface area contributed by atoms with Gasteiger partial charge in [-0.3, -0.25) is 0 Å². The van der Waals surface area contributed by atoms with Crippen molar-refractivity contribution in [1.29, 1.82) is 0 Å². The summed E-state index contributed by atoms with van der Waals surface area (Å²) in [5.41, 5.74) is 8.23.